The van der Waals surface area contributed by atoms with Gasteiger partial charge in [-0.25, -0.2) is 0 Å². The van der Waals surface area contributed by atoms with Crippen LogP contribution in [0.4, 0.5) is 0 Å². The van der Waals surface area contributed by atoms with Crippen molar-refractivity contribution in [1.82, 2.24) is 28.2 Å². The van der Waals surface area contributed by atoms with Crippen LogP contribution in [0.2, 0.25) is 25.1 Å². The summed E-state index contributed by atoms with van der Waals surface area (Å²) in [6.07, 6.45) is 5.15. The Labute approximate surface area is 705 Å². The first-order valence-corrected chi connectivity index (χ1v) is 40.3. The first-order valence-electron chi connectivity index (χ1n) is 38.4. The van der Waals surface area contributed by atoms with Crippen LogP contribution in [0.5, 0.6) is 11.5 Å². The highest BCUT2D eigenvalue weighted by Crippen LogP contribution is 2.36. The predicted octanol–water partition coefficient (Wildman–Crippen LogP) is 23.2. The number of nitrogens with zero attached hydrogens (tertiary/aromatic N) is 5. The highest BCUT2D eigenvalue weighted by atomic mass is 35.5. The van der Waals surface area contributed by atoms with E-state index in [0.29, 0.717) is 75.3 Å². The topological polar surface area (TPSA) is 186 Å². The number of aromatic nitrogens is 5. The number of benzene rings is 10. The third-order valence-corrected chi connectivity index (χ3v) is 22.3. The summed E-state index contributed by atoms with van der Waals surface area (Å²) >= 11 is 29.6. The fourth-order valence-corrected chi connectivity index (χ4v) is 15.8. The van der Waals surface area contributed by atoms with Gasteiger partial charge in [-0.1, -0.05) is 113 Å². The maximum absolute atomic E-state index is 13.1. The zero-order valence-corrected chi connectivity index (χ0v) is 71.4. The van der Waals surface area contributed by atoms with Crippen molar-refractivity contribution in [3.8, 4) is 11.5 Å². The van der Waals surface area contributed by atoms with E-state index in [1.165, 1.54) is 57.1 Å². The Morgan fingerprint density at radius 3 is 0.983 bits per heavy atom. The minimum atomic E-state index is -0.199. The normalized spacial score (nSPS) is 11.0. The lowest BCUT2D eigenvalue weighted by Crippen LogP contribution is -2.15. The van der Waals surface area contributed by atoms with E-state index in [4.69, 9.17) is 62.7 Å². The summed E-state index contributed by atoms with van der Waals surface area (Å²) in [4.78, 5) is 87.6. The Morgan fingerprint density at radius 1 is 0.376 bits per heavy atom. The quantitative estimate of drug-likeness (QED) is 0.0882. The van der Waals surface area contributed by atoms with E-state index in [-0.39, 0.29) is 53.9 Å². The molecular formula is C97H91Cl5N6O9. The molecule has 15 nitrogen and oxygen atoms in total. The fourth-order valence-electron chi connectivity index (χ4n) is 15.2. The standard InChI is InChI=1S/C20H21ClN2O.C20H20ClNO.2C19H16ClNO3.C19H18ClNO/c1-13-4-9-19-18(12-13)17(10-11-22-3)14(2)23(19)20(24)15-5-7-16(21)8-6-15;1-4-5-17-14(3)22(19-11-6-13(2)12-18(17)19)20(23)15-7-9-16(21)10-8-15;1-11(22)9-16-12(2)21(18-8-7-15(23)10-17(16)18)19(24)13-3-5-14(20)6-4-13;1-12-16(9-10-22)17-11-15(24-2)7-8-18(17)21(12)19(23)13-3-5-14(20)6-4-13;1-4-16-13(3)21(18-10-5-12(2)11-17(16)18)19(22)14-6-8-15(20)9-7-14/h4-9,12,22H,10-11H2,1-3H3;6-12H,4-5H2,1-3H3;3-8,10,23H,9H2,1-2H3;3-8,10-11H,9H2,1-2H3;5-11H,4H2,1-3H3. The summed E-state index contributed by atoms with van der Waals surface area (Å²) in [6, 6.07) is 63.7. The smallest absolute Gasteiger partial charge is 0.262 e. The van der Waals surface area contributed by atoms with Gasteiger partial charge in [0.05, 0.1) is 34.7 Å². The van der Waals surface area contributed by atoms with Crippen LogP contribution in [0.1, 0.15) is 152 Å². The number of carbonyl (C=O) groups is 7. The van der Waals surface area contributed by atoms with Crippen LogP contribution >= 0.6 is 58.0 Å². The summed E-state index contributed by atoms with van der Waals surface area (Å²) in [5.41, 5.74) is 20.8. The molecule has 2 N–H and O–H groups in total. The number of fused-ring (bicyclic) bond motifs is 5. The average molecular weight is 1660 g/mol. The van der Waals surface area contributed by atoms with E-state index in [9.17, 15) is 38.7 Å². The molecule has 0 atom stereocenters. The van der Waals surface area contributed by atoms with Crippen molar-refractivity contribution in [2.24, 2.45) is 0 Å². The number of aryl methyl sites for hydroxylation is 5. The number of phenolic OH excluding ortho intramolecular Hbond substituents is 1. The Morgan fingerprint density at radius 2 is 0.667 bits per heavy atom. The van der Waals surface area contributed by atoms with Gasteiger partial charge in [0.2, 0.25) is 0 Å². The van der Waals surface area contributed by atoms with E-state index in [1.54, 1.807) is 156 Å². The molecule has 0 aliphatic rings. The number of Topliss-reactive ketones (excluding diaryl/α,β-unsaturated/α-hetero) is 1. The van der Waals surface area contributed by atoms with Gasteiger partial charge in [-0.05, 0) is 317 Å². The lowest BCUT2D eigenvalue weighted by atomic mass is 10.0. The molecule has 0 fully saturated rings. The molecule has 0 amide bonds. The van der Waals surface area contributed by atoms with Crippen LogP contribution in [-0.4, -0.2) is 90.2 Å². The zero-order chi connectivity index (χ0) is 84.4. The molecule has 0 unspecified atom stereocenters. The third-order valence-electron chi connectivity index (χ3n) is 21.0. The molecule has 0 aliphatic carbocycles. The highest BCUT2D eigenvalue weighted by Gasteiger charge is 2.26. The van der Waals surface area contributed by atoms with Crippen molar-refractivity contribution >= 4 is 154 Å². The molecule has 0 saturated heterocycles. The number of likely N-dealkylation sites (N-methyl/N-ethyl adjacent to an activating group) is 1. The number of phenols is 1. The SMILES string of the molecule is CC(=O)Cc1c(C)n(C(=O)c2ccc(Cl)cc2)c2ccc(O)cc12.CCCc1c(C)n(C(=O)c2ccc(Cl)cc2)c2ccc(C)cc12.CCc1c(C)n(C(=O)c2ccc(Cl)cc2)c2ccc(C)cc12.CNCCc1c(C)n(C(=O)c2ccc(Cl)cc2)c2ccc(C)cc12.COc1ccc2c(c1)c(CC=O)c(C)n2C(=O)c1ccc(Cl)cc1. The number of hydrogen-bond donors (Lipinski definition) is 2. The molecule has 117 heavy (non-hydrogen) atoms. The van der Waals surface area contributed by atoms with Crippen molar-refractivity contribution in [3.05, 3.63) is 338 Å². The fraction of sp³-hybridized carbons (Fsp3) is 0.206. The molecule has 5 heterocycles. The predicted molar refractivity (Wildman–Crippen MR) is 477 cm³/mol. The van der Waals surface area contributed by atoms with E-state index < -0.39 is 0 Å². The third kappa shape index (κ3) is 18.9. The summed E-state index contributed by atoms with van der Waals surface area (Å²) < 4.78 is 14.0. The molecule has 598 valence electrons. The number of aromatic hydroxyl groups is 1. The van der Waals surface area contributed by atoms with Crippen LogP contribution in [0.3, 0.4) is 0 Å². The van der Waals surface area contributed by atoms with Crippen molar-refractivity contribution in [3.63, 3.8) is 0 Å². The summed E-state index contributed by atoms with van der Waals surface area (Å²) in [5, 5.41) is 21.1. The molecule has 0 radical (unpaired) electrons. The van der Waals surface area contributed by atoms with Crippen molar-refractivity contribution in [2.45, 2.75) is 115 Å². The van der Waals surface area contributed by atoms with Crippen LogP contribution in [0, 0.1) is 55.4 Å². The number of rotatable bonds is 16. The van der Waals surface area contributed by atoms with Crippen molar-refractivity contribution < 1.29 is 43.4 Å². The van der Waals surface area contributed by atoms with Crippen LogP contribution in [-0.2, 0) is 41.7 Å². The average Bonchev–Trinajstić information content (AvgIpc) is 1.64. The second kappa shape index (κ2) is 38.1. The molecule has 5 aromatic heterocycles. The molecule has 0 spiro atoms. The van der Waals surface area contributed by atoms with E-state index >= 15 is 0 Å². The molecule has 20 heteroatoms. The number of carbonyl (C=O) groups excluding carboxylic acids is 7. The summed E-state index contributed by atoms with van der Waals surface area (Å²) in [5.74, 6) is 0.395. The number of nitrogens with one attached hydrogen (secondary N) is 1. The van der Waals surface area contributed by atoms with E-state index in [0.717, 1.165) is 105 Å². The highest BCUT2D eigenvalue weighted by molar-refractivity contribution is 6.32. The number of aldehydes is 1. The van der Waals surface area contributed by atoms with Crippen LogP contribution in [0.25, 0.3) is 54.5 Å². The molecule has 10 aromatic carbocycles. The number of hydrogen-bond acceptors (Lipinski definition) is 10. The largest absolute Gasteiger partial charge is 0.508 e. The molecule has 0 bridgehead atoms. The van der Waals surface area contributed by atoms with Crippen molar-refractivity contribution in [1.29, 1.82) is 0 Å². The Kier molecular flexibility index (Phi) is 28.2. The van der Waals surface area contributed by atoms with Gasteiger partial charge >= 0.3 is 0 Å². The van der Waals surface area contributed by atoms with Gasteiger partial charge in [-0.2, -0.15) is 0 Å². The van der Waals surface area contributed by atoms with Gasteiger partial charge < -0.3 is 20.0 Å². The summed E-state index contributed by atoms with van der Waals surface area (Å²) in [7, 11) is 3.53. The van der Waals surface area contributed by atoms with Gasteiger partial charge in [-0.3, -0.25) is 51.6 Å². The number of ketones is 1. The molecule has 0 aliphatic heterocycles. The zero-order valence-electron chi connectivity index (χ0n) is 67.6. The minimum Gasteiger partial charge on any atom is -0.508 e. The van der Waals surface area contributed by atoms with Gasteiger partial charge in [0, 0.05) is 121 Å². The Balaban J connectivity index is 0.000000144. The number of halogens is 5. The Bertz CT molecular complexity index is 6280. The van der Waals surface area contributed by atoms with Crippen LogP contribution < -0.4 is 10.1 Å². The minimum absolute atomic E-state index is 0.000523. The lowest BCUT2D eigenvalue weighted by Gasteiger charge is -2.08. The molecule has 0 saturated carbocycles. The van der Waals surface area contributed by atoms with Crippen molar-refractivity contribution in [2.75, 3.05) is 20.7 Å². The summed E-state index contributed by atoms with van der Waals surface area (Å²) in [6.45, 7) is 22.6. The molecule has 15 rings (SSSR count). The number of methoxy groups -OCH3 is 1. The van der Waals surface area contributed by atoms with E-state index in [2.05, 4.69) is 70.3 Å². The van der Waals surface area contributed by atoms with Gasteiger partial charge in [-0.15, -0.1) is 0 Å². The van der Waals surface area contributed by atoms with Crippen LogP contribution in [0.15, 0.2) is 212 Å². The lowest BCUT2D eigenvalue weighted by molar-refractivity contribution is -0.116. The monoisotopic (exact) mass is 1660 g/mol. The maximum atomic E-state index is 13.1. The maximum Gasteiger partial charge on any atom is 0.262 e. The van der Waals surface area contributed by atoms with Gasteiger partial charge in [0.25, 0.3) is 29.5 Å². The first-order chi connectivity index (χ1) is 56.0. The van der Waals surface area contributed by atoms with Gasteiger partial charge in [0.15, 0.2) is 0 Å². The Hall–Kier alpha value is -11.4. The van der Waals surface area contributed by atoms with Gasteiger partial charge in [0.1, 0.15) is 23.6 Å². The second-order valence-corrected chi connectivity index (χ2v) is 31.1. The number of ether oxygens (including phenoxy) is 1. The van der Waals surface area contributed by atoms with E-state index in [1.807, 2.05) is 91.8 Å². The first kappa shape index (κ1) is 86.5. The molecular weight excluding hydrogens is 1570 g/mol. The molecule has 15 aromatic rings. The second-order valence-electron chi connectivity index (χ2n) is 28.9.